The molecule has 15 heteroatoms. The predicted octanol–water partition coefficient (Wildman–Crippen LogP) is 0.509. The first-order chi connectivity index (χ1) is 15.9. The van der Waals surface area contributed by atoms with Gasteiger partial charge in [0.2, 0.25) is 5.91 Å². The fourth-order valence-electron chi connectivity index (χ4n) is 3.83. The number of carbonyl (C=O) groups is 4. The third-order valence-corrected chi connectivity index (χ3v) is 7.59. The van der Waals surface area contributed by atoms with Crippen LogP contribution in [0.5, 0.6) is 0 Å². The number of rotatable bonds is 7. The molecular formula is C19H17BrF3N4O6S-. The van der Waals surface area contributed by atoms with Crippen molar-refractivity contribution in [1.29, 1.82) is 0 Å². The fraction of sp³-hybridized carbons (Fsp3) is 0.526. The molecule has 0 bridgehead atoms. The molecule has 1 aromatic heterocycles. The number of hydrogen-bond acceptors (Lipinski definition) is 8. The van der Waals surface area contributed by atoms with E-state index in [1.54, 1.807) is 0 Å². The van der Waals surface area contributed by atoms with E-state index in [1.165, 1.54) is 0 Å². The first kappa shape index (κ1) is 24.6. The van der Waals surface area contributed by atoms with E-state index in [0.717, 1.165) is 28.3 Å². The number of alkyl halides is 3. The highest BCUT2D eigenvalue weighted by atomic mass is 79.9. The number of thioether (sulfide) groups is 1. The molecule has 3 heterocycles. The van der Waals surface area contributed by atoms with Crippen LogP contribution in [-0.2, 0) is 36.6 Å². The number of fused-ring (bicyclic) bond motifs is 1. The van der Waals surface area contributed by atoms with Crippen molar-refractivity contribution in [3.63, 3.8) is 0 Å². The Morgan fingerprint density at radius 2 is 2.00 bits per heavy atom. The van der Waals surface area contributed by atoms with Gasteiger partial charge in [-0.15, -0.1) is 11.8 Å². The number of hydrogen-bond donors (Lipinski definition) is 1. The zero-order valence-corrected chi connectivity index (χ0v) is 19.9. The van der Waals surface area contributed by atoms with Gasteiger partial charge in [-0.05, 0) is 28.8 Å². The highest BCUT2D eigenvalue weighted by molar-refractivity contribution is 9.10. The van der Waals surface area contributed by atoms with Gasteiger partial charge in [0, 0.05) is 24.2 Å². The van der Waals surface area contributed by atoms with E-state index in [1.807, 2.05) is 0 Å². The van der Waals surface area contributed by atoms with Crippen LogP contribution in [0.4, 0.5) is 13.2 Å². The number of halogens is 4. The third kappa shape index (κ3) is 4.54. The van der Waals surface area contributed by atoms with Crippen LogP contribution in [0.3, 0.4) is 0 Å². The Hall–Kier alpha value is -2.55. The SMILES string of the molecule is CC(=O)OCC1=C(C(=O)[O-])N2C(=O)C(NC(=O)Cn3nc(C(F)(F)F)c(Br)c3C3CC3)C2SC1. The fourth-order valence-corrected chi connectivity index (χ4v) is 5.99. The molecule has 34 heavy (non-hydrogen) atoms. The van der Waals surface area contributed by atoms with Gasteiger partial charge in [-0.2, -0.15) is 18.3 Å². The van der Waals surface area contributed by atoms with Crippen molar-refractivity contribution in [1.82, 2.24) is 20.0 Å². The summed E-state index contributed by atoms with van der Waals surface area (Å²) in [5, 5.41) is 16.9. The van der Waals surface area contributed by atoms with Gasteiger partial charge in [0.25, 0.3) is 5.91 Å². The number of ether oxygens (including phenoxy) is 1. The molecule has 0 radical (unpaired) electrons. The highest BCUT2D eigenvalue weighted by Gasteiger charge is 2.53. The number of esters is 1. The first-order valence-corrected chi connectivity index (χ1v) is 11.9. The zero-order chi connectivity index (χ0) is 24.9. The van der Waals surface area contributed by atoms with Crippen LogP contribution in [0.2, 0.25) is 0 Å². The van der Waals surface area contributed by atoms with E-state index >= 15 is 0 Å². The van der Waals surface area contributed by atoms with Crippen LogP contribution in [0.25, 0.3) is 0 Å². The minimum atomic E-state index is -4.70. The van der Waals surface area contributed by atoms with Gasteiger partial charge in [0.05, 0.1) is 21.8 Å². The van der Waals surface area contributed by atoms with Gasteiger partial charge >= 0.3 is 12.1 Å². The standard InChI is InChI=1S/C19H18BrF3N4O6S/c1-7(28)33-5-9-6-34-17-12(16(30)27(17)14(9)18(31)32)24-10(29)4-26-13(8-2-3-8)11(20)15(25-26)19(21,22)23/h8,12,17H,2-6H2,1H3,(H,24,29)(H,31,32)/p-1. The molecule has 1 saturated carbocycles. The first-order valence-electron chi connectivity index (χ1n) is 10.0. The van der Waals surface area contributed by atoms with Crippen LogP contribution in [0, 0.1) is 0 Å². The van der Waals surface area contributed by atoms with Crippen LogP contribution in [-0.4, -0.2) is 62.2 Å². The summed E-state index contributed by atoms with van der Waals surface area (Å²) >= 11 is 4.10. The monoisotopic (exact) mass is 565 g/mol. The lowest BCUT2D eigenvalue weighted by Crippen LogP contribution is -2.71. The summed E-state index contributed by atoms with van der Waals surface area (Å²) in [6.07, 6.45) is -3.36. The Bertz CT molecular complexity index is 1120. The maximum atomic E-state index is 13.3. The number of aliphatic carboxylic acids is 1. The average Bonchev–Trinajstić information content (AvgIpc) is 3.51. The lowest BCUT2D eigenvalue weighted by atomic mass is 10.0. The molecular weight excluding hydrogens is 549 g/mol. The molecule has 4 rings (SSSR count). The topological polar surface area (TPSA) is 134 Å². The lowest BCUT2D eigenvalue weighted by molar-refractivity contribution is -0.301. The average molecular weight is 566 g/mol. The minimum Gasteiger partial charge on any atom is -0.543 e. The molecule has 2 atom stereocenters. The summed E-state index contributed by atoms with van der Waals surface area (Å²) in [6.45, 7) is 0.296. The molecule has 2 fully saturated rings. The minimum absolute atomic E-state index is 0.115. The molecule has 184 valence electrons. The van der Waals surface area contributed by atoms with Gasteiger partial charge in [0.15, 0.2) is 5.69 Å². The second kappa shape index (κ2) is 8.91. The third-order valence-electron chi connectivity index (χ3n) is 5.46. The summed E-state index contributed by atoms with van der Waals surface area (Å²) in [5.41, 5.74) is -1.08. The van der Waals surface area contributed by atoms with Crippen molar-refractivity contribution in [3.05, 3.63) is 27.1 Å². The number of carbonyl (C=O) groups excluding carboxylic acids is 4. The number of carboxylic acid groups (broad SMARTS) is 1. The van der Waals surface area contributed by atoms with E-state index < -0.39 is 59.3 Å². The molecule has 1 N–H and O–H groups in total. The molecule has 0 spiro atoms. The number of nitrogens with one attached hydrogen (secondary N) is 1. The van der Waals surface area contributed by atoms with Gasteiger partial charge < -0.3 is 20.0 Å². The van der Waals surface area contributed by atoms with Crippen molar-refractivity contribution in [2.24, 2.45) is 0 Å². The Morgan fingerprint density at radius 1 is 1.32 bits per heavy atom. The van der Waals surface area contributed by atoms with Crippen LogP contribution >= 0.6 is 27.7 Å². The maximum absolute atomic E-state index is 13.3. The number of aromatic nitrogens is 2. The van der Waals surface area contributed by atoms with E-state index in [0.29, 0.717) is 12.8 Å². The number of carboxylic acids is 1. The maximum Gasteiger partial charge on any atom is 0.436 e. The largest absolute Gasteiger partial charge is 0.543 e. The second-order valence-electron chi connectivity index (χ2n) is 7.95. The normalized spacial score (nSPS) is 22.3. The molecule has 3 aliphatic rings. The van der Waals surface area contributed by atoms with E-state index in [2.05, 4.69) is 26.3 Å². The highest BCUT2D eigenvalue weighted by Crippen LogP contribution is 2.47. The van der Waals surface area contributed by atoms with Gasteiger partial charge in [-0.3, -0.25) is 24.0 Å². The molecule has 1 aliphatic carbocycles. The van der Waals surface area contributed by atoms with Gasteiger partial charge in [0.1, 0.15) is 24.6 Å². The van der Waals surface area contributed by atoms with Gasteiger partial charge in [-0.1, -0.05) is 0 Å². The molecule has 1 saturated heterocycles. The molecule has 10 nitrogen and oxygen atoms in total. The van der Waals surface area contributed by atoms with Crippen molar-refractivity contribution in [2.75, 3.05) is 12.4 Å². The van der Waals surface area contributed by atoms with E-state index in [4.69, 9.17) is 4.74 Å². The van der Waals surface area contributed by atoms with Crippen LogP contribution in [0.15, 0.2) is 15.7 Å². The second-order valence-corrected chi connectivity index (χ2v) is 9.85. The lowest BCUT2D eigenvalue weighted by Gasteiger charge is -2.50. The van der Waals surface area contributed by atoms with Crippen molar-refractivity contribution in [3.8, 4) is 0 Å². The van der Waals surface area contributed by atoms with Crippen molar-refractivity contribution in [2.45, 2.75) is 49.8 Å². The summed E-state index contributed by atoms with van der Waals surface area (Å²) < 4.78 is 45.4. The van der Waals surface area contributed by atoms with Crippen LogP contribution in [0.1, 0.15) is 37.1 Å². The Balaban J connectivity index is 1.48. The van der Waals surface area contributed by atoms with Crippen molar-refractivity contribution >= 4 is 51.4 Å². The van der Waals surface area contributed by atoms with E-state index in [-0.39, 0.29) is 34.0 Å². The smallest absolute Gasteiger partial charge is 0.436 e. The number of β-lactam (4-membered cyclic amide) rings is 1. The zero-order valence-electron chi connectivity index (χ0n) is 17.5. The summed E-state index contributed by atoms with van der Waals surface area (Å²) in [5.74, 6) is -3.74. The summed E-state index contributed by atoms with van der Waals surface area (Å²) in [6, 6.07) is -1.08. The molecule has 0 aromatic carbocycles. The van der Waals surface area contributed by atoms with Crippen LogP contribution < -0.4 is 10.4 Å². The van der Waals surface area contributed by atoms with Crippen molar-refractivity contribution < 1.29 is 42.2 Å². The quantitative estimate of drug-likeness (QED) is 0.373. The molecule has 1 aromatic rings. The Morgan fingerprint density at radius 3 is 2.56 bits per heavy atom. The van der Waals surface area contributed by atoms with Gasteiger partial charge in [-0.25, -0.2) is 0 Å². The molecule has 2 aliphatic heterocycles. The summed E-state index contributed by atoms with van der Waals surface area (Å²) in [4.78, 5) is 48.9. The Labute approximate surface area is 203 Å². The molecule has 2 unspecified atom stereocenters. The molecule has 2 amide bonds. The number of amides is 2. The summed E-state index contributed by atoms with van der Waals surface area (Å²) in [7, 11) is 0. The Kier molecular flexibility index (Phi) is 6.44. The van der Waals surface area contributed by atoms with E-state index in [9.17, 15) is 37.5 Å². The number of nitrogens with zero attached hydrogens (tertiary/aromatic N) is 3. The predicted molar refractivity (Wildman–Crippen MR) is 111 cm³/mol.